The largest absolute Gasteiger partial charge is 0.368 e. The van der Waals surface area contributed by atoms with E-state index in [1.165, 1.54) is 0 Å². The molecule has 4 heteroatoms. The van der Waals surface area contributed by atoms with E-state index in [-0.39, 0.29) is 5.91 Å². The predicted molar refractivity (Wildman–Crippen MR) is 70.8 cm³/mol. The van der Waals surface area contributed by atoms with Crippen LogP contribution in [0.2, 0.25) is 0 Å². The Morgan fingerprint density at radius 2 is 2.12 bits per heavy atom. The van der Waals surface area contributed by atoms with Crippen LogP contribution in [0.15, 0.2) is 0 Å². The average molecular weight is 241 g/mol. The first-order chi connectivity index (χ1) is 8.04. The Balaban J connectivity index is 2.74. The molecule has 1 fully saturated rings. The number of carbonyl (C=O) groups is 1. The number of nitrogens with one attached hydrogen (secondary N) is 1. The maximum Gasteiger partial charge on any atom is 0.237 e. The number of rotatable bonds is 5. The van der Waals surface area contributed by atoms with E-state index in [1.807, 2.05) is 0 Å². The molecular weight excluding hydrogens is 214 g/mol. The van der Waals surface area contributed by atoms with Crippen molar-refractivity contribution in [3.63, 3.8) is 0 Å². The van der Waals surface area contributed by atoms with Gasteiger partial charge in [0.2, 0.25) is 5.91 Å². The van der Waals surface area contributed by atoms with Gasteiger partial charge in [0.15, 0.2) is 0 Å². The van der Waals surface area contributed by atoms with Crippen molar-refractivity contribution in [3.8, 4) is 0 Å². The second-order valence-corrected chi connectivity index (χ2v) is 5.19. The quantitative estimate of drug-likeness (QED) is 0.758. The van der Waals surface area contributed by atoms with Gasteiger partial charge in [-0.05, 0) is 45.7 Å². The molecule has 2 unspecified atom stereocenters. The lowest BCUT2D eigenvalue weighted by Gasteiger charge is -2.33. The number of nitrogens with two attached hydrogens (primary N) is 1. The Bertz CT molecular complexity index is 257. The van der Waals surface area contributed by atoms with Gasteiger partial charge in [-0.3, -0.25) is 4.79 Å². The molecule has 1 aliphatic rings. The zero-order valence-electron chi connectivity index (χ0n) is 11.5. The fourth-order valence-electron chi connectivity index (χ4n) is 2.54. The van der Waals surface area contributed by atoms with Crippen molar-refractivity contribution < 1.29 is 4.79 Å². The van der Waals surface area contributed by atoms with E-state index in [4.69, 9.17) is 5.73 Å². The summed E-state index contributed by atoms with van der Waals surface area (Å²) in [6.07, 6.45) is 3.76. The van der Waals surface area contributed by atoms with Crippen molar-refractivity contribution in [1.82, 2.24) is 10.2 Å². The maximum atomic E-state index is 11.8. The third kappa shape index (κ3) is 3.68. The van der Waals surface area contributed by atoms with Crippen LogP contribution < -0.4 is 11.1 Å². The minimum Gasteiger partial charge on any atom is -0.368 e. The van der Waals surface area contributed by atoms with Crippen molar-refractivity contribution in [2.45, 2.75) is 58.0 Å². The normalized spacial score (nSPS) is 28.6. The van der Waals surface area contributed by atoms with Gasteiger partial charge in [-0.25, -0.2) is 0 Å². The summed E-state index contributed by atoms with van der Waals surface area (Å²) in [5.74, 6) is -0.184. The highest BCUT2D eigenvalue weighted by Crippen LogP contribution is 2.23. The van der Waals surface area contributed by atoms with Crippen LogP contribution >= 0.6 is 0 Å². The number of nitrogens with zero attached hydrogens (tertiary/aromatic N) is 1. The van der Waals surface area contributed by atoms with Gasteiger partial charge in [-0.1, -0.05) is 13.8 Å². The molecule has 1 heterocycles. The van der Waals surface area contributed by atoms with Gasteiger partial charge in [0.05, 0.1) is 5.54 Å². The van der Waals surface area contributed by atoms with Gasteiger partial charge in [-0.15, -0.1) is 0 Å². The molecule has 1 amide bonds. The molecular formula is C13H27N3O. The maximum absolute atomic E-state index is 11.8. The molecule has 0 aromatic heterocycles. The lowest BCUT2D eigenvalue weighted by Crippen LogP contribution is -2.58. The SMILES string of the molecule is CCC(C)NC1(C(N)=O)CCCN(CC)CC1. The molecule has 0 aliphatic carbocycles. The standard InChI is InChI=1S/C13H27N3O/c1-4-11(3)15-13(12(14)17)7-6-9-16(5-2)10-8-13/h11,15H,4-10H2,1-3H3,(H2,14,17). The van der Waals surface area contributed by atoms with Crippen LogP contribution in [0.1, 0.15) is 46.5 Å². The summed E-state index contributed by atoms with van der Waals surface area (Å²) in [4.78, 5) is 14.2. The number of likely N-dealkylation sites (tertiary alicyclic amines) is 1. The summed E-state index contributed by atoms with van der Waals surface area (Å²) in [6, 6.07) is 0.343. The van der Waals surface area contributed by atoms with Crippen LogP contribution in [0.4, 0.5) is 0 Å². The smallest absolute Gasteiger partial charge is 0.237 e. The molecule has 17 heavy (non-hydrogen) atoms. The van der Waals surface area contributed by atoms with Crippen molar-refractivity contribution in [3.05, 3.63) is 0 Å². The Labute approximate surface area is 105 Å². The van der Waals surface area contributed by atoms with Crippen molar-refractivity contribution in [1.29, 1.82) is 0 Å². The number of hydrogen-bond acceptors (Lipinski definition) is 3. The second kappa shape index (κ2) is 6.36. The molecule has 0 radical (unpaired) electrons. The fourth-order valence-corrected chi connectivity index (χ4v) is 2.54. The van der Waals surface area contributed by atoms with E-state index in [0.29, 0.717) is 6.04 Å². The Kier molecular flexibility index (Phi) is 5.40. The third-order valence-electron chi connectivity index (χ3n) is 3.99. The van der Waals surface area contributed by atoms with Gasteiger partial charge in [0.25, 0.3) is 0 Å². The van der Waals surface area contributed by atoms with Crippen LogP contribution in [0.3, 0.4) is 0 Å². The van der Waals surface area contributed by atoms with E-state index in [2.05, 4.69) is 31.0 Å². The number of hydrogen-bond donors (Lipinski definition) is 2. The van der Waals surface area contributed by atoms with Crippen LogP contribution in [-0.2, 0) is 4.79 Å². The molecule has 1 aliphatic heterocycles. The molecule has 1 saturated heterocycles. The average Bonchev–Trinajstić information content (AvgIpc) is 2.52. The molecule has 0 spiro atoms. The van der Waals surface area contributed by atoms with Gasteiger partial charge >= 0.3 is 0 Å². The lowest BCUT2D eigenvalue weighted by atomic mass is 9.88. The van der Waals surface area contributed by atoms with Gasteiger partial charge in [-0.2, -0.15) is 0 Å². The van der Waals surface area contributed by atoms with Crippen molar-refractivity contribution in [2.24, 2.45) is 5.73 Å². The lowest BCUT2D eigenvalue weighted by molar-refractivity contribution is -0.125. The molecule has 0 aromatic carbocycles. The molecule has 4 nitrogen and oxygen atoms in total. The zero-order valence-corrected chi connectivity index (χ0v) is 11.5. The van der Waals surface area contributed by atoms with E-state index in [0.717, 1.165) is 45.3 Å². The molecule has 100 valence electrons. The third-order valence-corrected chi connectivity index (χ3v) is 3.99. The van der Waals surface area contributed by atoms with Crippen molar-refractivity contribution >= 4 is 5.91 Å². The summed E-state index contributed by atoms with van der Waals surface area (Å²) >= 11 is 0. The van der Waals surface area contributed by atoms with E-state index >= 15 is 0 Å². The topological polar surface area (TPSA) is 58.4 Å². The van der Waals surface area contributed by atoms with Crippen LogP contribution in [0, 0.1) is 0 Å². The molecule has 0 aromatic rings. The van der Waals surface area contributed by atoms with Crippen LogP contribution in [-0.4, -0.2) is 42.0 Å². The van der Waals surface area contributed by atoms with Gasteiger partial charge < -0.3 is 16.0 Å². The highest BCUT2D eigenvalue weighted by atomic mass is 16.1. The van der Waals surface area contributed by atoms with Crippen LogP contribution in [0.25, 0.3) is 0 Å². The van der Waals surface area contributed by atoms with Gasteiger partial charge in [0, 0.05) is 12.6 Å². The molecule has 3 N–H and O–H groups in total. The van der Waals surface area contributed by atoms with Crippen molar-refractivity contribution in [2.75, 3.05) is 19.6 Å². The summed E-state index contributed by atoms with van der Waals surface area (Å²) in [6.45, 7) is 9.50. The Hall–Kier alpha value is -0.610. The van der Waals surface area contributed by atoms with Crippen LogP contribution in [0.5, 0.6) is 0 Å². The zero-order chi connectivity index (χ0) is 12.9. The minimum absolute atomic E-state index is 0.184. The molecule has 0 bridgehead atoms. The van der Waals surface area contributed by atoms with E-state index in [9.17, 15) is 4.79 Å². The number of amides is 1. The Morgan fingerprint density at radius 1 is 1.41 bits per heavy atom. The summed E-state index contributed by atoms with van der Waals surface area (Å²) < 4.78 is 0. The molecule has 2 atom stereocenters. The second-order valence-electron chi connectivity index (χ2n) is 5.19. The van der Waals surface area contributed by atoms with E-state index < -0.39 is 5.54 Å². The first-order valence-electron chi connectivity index (χ1n) is 6.84. The highest BCUT2D eigenvalue weighted by molar-refractivity contribution is 5.84. The summed E-state index contributed by atoms with van der Waals surface area (Å²) in [5, 5.41) is 3.46. The first-order valence-corrected chi connectivity index (χ1v) is 6.84. The predicted octanol–water partition coefficient (Wildman–Crippen LogP) is 1.10. The number of carbonyl (C=O) groups excluding carboxylic acids is 1. The molecule has 0 saturated carbocycles. The molecule has 1 rings (SSSR count). The monoisotopic (exact) mass is 241 g/mol. The fraction of sp³-hybridized carbons (Fsp3) is 0.923. The summed E-state index contributed by atoms with van der Waals surface area (Å²) in [5.41, 5.74) is 5.15. The first kappa shape index (κ1) is 14.5. The summed E-state index contributed by atoms with van der Waals surface area (Å²) in [7, 11) is 0. The highest BCUT2D eigenvalue weighted by Gasteiger charge is 2.38. The van der Waals surface area contributed by atoms with Gasteiger partial charge in [0.1, 0.15) is 0 Å². The van der Waals surface area contributed by atoms with E-state index in [1.54, 1.807) is 0 Å². The Morgan fingerprint density at radius 3 is 2.65 bits per heavy atom. The number of primary amides is 1. The minimum atomic E-state index is -0.487.